The number of ether oxygens (including phenoxy) is 2. The summed E-state index contributed by atoms with van der Waals surface area (Å²) in [4.78, 5) is 22.2. The first-order valence-corrected chi connectivity index (χ1v) is 5.13. The smallest absolute Gasteiger partial charge is 0.333 e. The van der Waals surface area contributed by atoms with E-state index in [1.807, 2.05) is 0 Å². The molecule has 0 amide bonds. The Morgan fingerprint density at radius 2 is 1.65 bits per heavy atom. The first kappa shape index (κ1) is 15.4. The Hall–Kier alpha value is -1.62. The van der Waals surface area contributed by atoms with Crippen LogP contribution in [-0.2, 0) is 19.1 Å². The SMILES string of the molecule is C=C(C)C(=O)OCC(O)C(C)OC(=O)C(=C)C. The normalized spacial score (nSPS) is 13.4. The Morgan fingerprint density at radius 1 is 1.18 bits per heavy atom. The highest BCUT2D eigenvalue weighted by Crippen LogP contribution is 2.04. The zero-order valence-corrected chi connectivity index (χ0v) is 10.4. The van der Waals surface area contributed by atoms with Crippen molar-refractivity contribution in [2.45, 2.75) is 33.0 Å². The van der Waals surface area contributed by atoms with Gasteiger partial charge in [-0.3, -0.25) is 0 Å². The van der Waals surface area contributed by atoms with Gasteiger partial charge in [0.15, 0.2) is 0 Å². The maximum Gasteiger partial charge on any atom is 0.333 e. The molecule has 0 aromatic heterocycles. The third-order valence-electron chi connectivity index (χ3n) is 1.92. The summed E-state index contributed by atoms with van der Waals surface area (Å²) < 4.78 is 9.59. The second-order valence-electron chi connectivity index (χ2n) is 3.84. The Morgan fingerprint density at radius 3 is 2.06 bits per heavy atom. The average molecular weight is 242 g/mol. The summed E-state index contributed by atoms with van der Waals surface area (Å²) in [5, 5.41) is 9.57. The lowest BCUT2D eigenvalue weighted by atomic mass is 10.2. The average Bonchev–Trinajstić information content (AvgIpc) is 2.24. The van der Waals surface area contributed by atoms with Crippen LogP contribution >= 0.6 is 0 Å². The van der Waals surface area contributed by atoms with Crippen molar-refractivity contribution in [3.05, 3.63) is 24.3 Å². The van der Waals surface area contributed by atoms with E-state index in [1.165, 1.54) is 20.8 Å². The minimum Gasteiger partial charge on any atom is -0.459 e. The van der Waals surface area contributed by atoms with Crippen molar-refractivity contribution in [3.8, 4) is 0 Å². The van der Waals surface area contributed by atoms with Gasteiger partial charge in [0.05, 0.1) is 0 Å². The number of aliphatic hydroxyl groups is 1. The van der Waals surface area contributed by atoms with E-state index in [0.717, 1.165) is 0 Å². The molecular formula is C12H18O5. The highest BCUT2D eigenvalue weighted by atomic mass is 16.6. The van der Waals surface area contributed by atoms with E-state index in [1.54, 1.807) is 0 Å². The molecule has 0 radical (unpaired) electrons. The summed E-state index contributed by atoms with van der Waals surface area (Å²) in [7, 11) is 0. The molecule has 0 aliphatic rings. The van der Waals surface area contributed by atoms with Crippen molar-refractivity contribution in [2.75, 3.05) is 6.61 Å². The summed E-state index contributed by atoms with van der Waals surface area (Å²) in [6.07, 6.45) is -1.86. The molecule has 96 valence electrons. The van der Waals surface area contributed by atoms with Crippen molar-refractivity contribution in [1.82, 2.24) is 0 Å². The second-order valence-corrected chi connectivity index (χ2v) is 3.84. The molecule has 0 saturated heterocycles. The fourth-order valence-electron chi connectivity index (χ4n) is 0.768. The van der Waals surface area contributed by atoms with Crippen molar-refractivity contribution in [1.29, 1.82) is 0 Å². The van der Waals surface area contributed by atoms with Crippen molar-refractivity contribution in [2.24, 2.45) is 0 Å². The standard InChI is InChI=1S/C12H18O5/c1-7(2)11(14)16-6-10(13)9(5)17-12(15)8(3)4/h9-10,13H,1,3,6H2,2,4-5H3. The molecule has 0 heterocycles. The van der Waals surface area contributed by atoms with Crippen LogP contribution in [0.2, 0.25) is 0 Å². The molecule has 0 aromatic rings. The molecule has 0 saturated carbocycles. The third kappa shape index (κ3) is 5.87. The molecule has 0 spiro atoms. The van der Waals surface area contributed by atoms with Gasteiger partial charge in [-0.2, -0.15) is 0 Å². The van der Waals surface area contributed by atoms with Crippen LogP contribution in [0.5, 0.6) is 0 Å². The molecule has 1 N–H and O–H groups in total. The van der Waals surface area contributed by atoms with Gasteiger partial charge in [-0.15, -0.1) is 0 Å². The largest absolute Gasteiger partial charge is 0.459 e. The van der Waals surface area contributed by atoms with Gasteiger partial charge in [-0.05, 0) is 20.8 Å². The highest BCUT2D eigenvalue weighted by Gasteiger charge is 2.20. The molecule has 0 aliphatic carbocycles. The number of esters is 2. The minimum atomic E-state index is -1.08. The first-order chi connectivity index (χ1) is 7.75. The molecular weight excluding hydrogens is 224 g/mol. The van der Waals surface area contributed by atoms with Crippen molar-refractivity contribution >= 4 is 11.9 Å². The van der Waals surface area contributed by atoms with Crippen LogP contribution in [0.4, 0.5) is 0 Å². The van der Waals surface area contributed by atoms with Gasteiger partial charge < -0.3 is 14.6 Å². The van der Waals surface area contributed by atoms with Crippen molar-refractivity contribution in [3.63, 3.8) is 0 Å². The lowest BCUT2D eigenvalue weighted by molar-refractivity contribution is -0.154. The molecule has 2 unspecified atom stereocenters. The summed E-state index contributed by atoms with van der Waals surface area (Å²) >= 11 is 0. The quantitative estimate of drug-likeness (QED) is 0.555. The maximum atomic E-state index is 11.1. The zero-order chi connectivity index (χ0) is 13.6. The van der Waals surface area contributed by atoms with Gasteiger partial charge >= 0.3 is 11.9 Å². The van der Waals surface area contributed by atoms with Gasteiger partial charge in [0.25, 0.3) is 0 Å². The van der Waals surface area contributed by atoms with Crippen LogP contribution in [0.3, 0.4) is 0 Å². The Bertz CT molecular complexity index is 332. The third-order valence-corrected chi connectivity index (χ3v) is 1.92. The summed E-state index contributed by atoms with van der Waals surface area (Å²) in [6.45, 7) is 11.1. The molecule has 0 fully saturated rings. The predicted molar refractivity (Wildman–Crippen MR) is 62.1 cm³/mol. The Kier molecular flexibility index (Phi) is 6.20. The fourth-order valence-corrected chi connectivity index (χ4v) is 0.768. The number of rotatable bonds is 6. The van der Waals surface area contributed by atoms with Crippen molar-refractivity contribution < 1.29 is 24.2 Å². The van der Waals surface area contributed by atoms with Crippen LogP contribution in [0.1, 0.15) is 20.8 Å². The number of aliphatic hydroxyl groups excluding tert-OH is 1. The molecule has 2 atom stereocenters. The van der Waals surface area contributed by atoms with E-state index in [-0.39, 0.29) is 17.8 Å². The van der Waals surface area contributed by atoms with E-state index in [0.29, 0.717) is 0 Å². The number of carbonyl (C=O) groups excluding carboxylic acids is 2. The summed E-state index contributed by atoms with van der Waals surface area (Å²) in [5.41, 5.74) is 0.478. The summed E-state index contributed by atoms with van der Waals surface area (Å²) in [6, 6.07) is 0. The van der Waals surface area contributed by atoms with Gasteiger partial charge in [-0.25, -0.2) is 9.59 Å². The molecule has 0 aliphatic heterocycles. The lowest BCUT2D eigenvalue weighted by Crippen LogP contribution is -2.33. The monoisotopic (exact) mass is 242 g/mol. The van der Waals surface area contributed by atoms with E-state index < -0.39 is 24.1 Å². The summed E-state index contributed by atoms with van der Waals surface area (Å²) in [5.74, 6) is -1.19. The number of hydrogen-bond donors (Lipinski definition) is 1. The maximum absolute atomic E-state index is 11.1. The topological polar surface area (TPSA) is 72.8 Å². The second kappa shape index (κ2) is 6.85. The van der Waals surface area contributed by atoms with E-state index >= 15 is 0 Å². The molecule has 5 nitrogen and oxygen atoms in total. The molecule has 5 heteroatoms. The highest BCUT2D eigenvalue weighted by molar-refractivity contribution is 5.87. The molecule has 0 aromatic carbocycles. The van der Waals surface area contributed by atoms with Gasteiger partial charge in [0.2, 0.25) is 0 Å². The van der Waals surface area contributed by atoms with Gasteiger partial charge in [-0.1, -0.05) is 13.2 Å². The minimum absolute atomic E-state index is 0.239. The number of hydrogen-bond acceptors (Lipinski definition) is 5. The first-order valence-electron chi connectivity index (χ1n) is 5.13. The zero-order valence-electron chi connectivity index (χ0n) is 10.4. The van der Waals surface area contributed by atoms with Crippen LogP contribution in [0.15, 0.2) is 24.3 Å². The van der Waals surface area contributed by atoms with E-state index in [2.05, 4.69) is 13.2 Å². The van der Waals surface area contributed by atoms with Crippen LogP contribution < -0.4 is 0 Å². The van der Waals surface area contributed by atoms with E-state index in [4.69, 9.17) is 9.47 Å². The molecule has 17 heavy (non-hydrogen) atoms. The fraction of sp³-hybridized carbons (Fsp3) is 0.500. The predicted octanol–water partition coefficient (Wildman–Crippen LogP) is 0.974. The number of carbonyl (C=O) groups is 2. The van der Waals surface area contributed by atoms with Crippen LogP contribution in [0.25, 0.3) is 0 Å². The Labute approximate surface area is 101 Å². The van der Waals surface area contributed by atoms with E-state index in [9.17, 15) is 14.7 Å². The molecule has 0 rings (SSSR count). The molecule has 0 bridgehead atoms. The van der Waals surface area contributed by atoms with Crippen LogP contribution in [0, 0.1) is 0 Å². The van der Waals surface area contributed by atoms with Crippen LogP contribution in [-0.4, -0.2) is 35.9 Å². The van der Waals surface area contributed by atoms with Gasteiger partial charge in [0, 0.05) is 11.1 Å². The van der Waals surface area contributed by atoms with Gasteiger partial charge in [0.1, 0.15) is 18.8 Å². The Balaban J connectivity index is 4.10. The lowest BCUT2D eigenvalue weighted by Gasteiger charge is -2.19.